The number of carbonyl (C=O) groups excluding carboxylic acids is 1. The third kappa shape index (κ3) is 3.14. The molecule has 2 heterocycles. The van der Waals surface area contributed by atoms with Crippen LogP contribution in [0.1, 0.15) is 10.4 Å². The molecule has 0 aliphatic carbocycles. The van der Waals surface area contributed by atoms with Gasteiger partial charge >= 0.3 is 0 Å². The fourth-order valence-electron chi connectivity index (χ4n) is 1.98. The van der Waals surface area contributed by atoms with Crippen molar-refractivity contribution in [1.29, 1.82) is 0 Å². The van der Waals surface area contributed by atoms with Crippen LogP contribution in [0.15, 0.2) is 42.0 Å². The van der Waals surface area contributed by atoms with Crippen molar-refractivity contribution >= 4 is 22.9 Å². The summed E-state index contributed by atoms with van der Waals surface area (Å²) in [6, 6.07) is 9.55. The Bertz CT molecular complexity index is 737. The Hall–Kier alpha value is -2.54. The Labute approximate surface area is 125 Å². The second-order valence-electron chi connectivity index (χ2n) is 4.56. The lowest BCUT2D eigenvalue weighted by Crippen LogP contribution is -2.14. The van der Waals surface area contributed by atoms with E-state index in [2.05, 4.69) is 20.8 Å². The highest BCUT2D eigenvalue weighted by Gasteiger charge is 2.08. The first-order valence-corrected chi connectivity index (χ1v) is 7.26. The number of nitrogens with zero attached hydrogens (tertiary/aromatic N) is 4. The SMILES string of the molecule is Cc1ccc(NC(=O)Cc2cccs2)cc1-n1cnnn1. The quantitative estimate of drug-likeness (QED) is 0.801. The highest BCUT2D eigenvalue weighted by atomic mass is 32.1. The van der Waals surface area contributed by atoms with Crippen molar-refractivity contribution < 1.29 is 4.79 Å². The highest BCUT2D eigenvalue weighted by molar-refractivity contribution is 7.10. The van der Waals surface area contributed by atoms with E-state index in [4.69, 9.17) is 0 Å². The molecule has 1 amide bonds. The first-order chi connectivity index (χ1) is 10.2. The number of nitrogens with one attached hydrogen (secondary N) is 1. The standard InChI is InChI=1S/C14H13N5OS/c1-10-4-5-11(7-13(10)19-9-15-17-18-19)16-14(20)8-12-3-2-6-21-12/h2-7,9H,8H2,1H3,(H,16,20). The van der Waals surface area contributed by atoms with Crippen LogP contribution in [0.2, 0.25) is 0 Å². The number of anilines is 1. The number of aryl methyl sites for hydroxylation is 1. The van der Waals surface area contributed by atoms with Gasteiger partial charge in [-0.05, 0) is 46.5 Å². The summed E-state index contributed by atoms with van der Waals surface area (Å²) < 4.78 is 1.57. The van der Waals surface area contributed by atoms with E-state index in [9.17, 15) is 4.79 Å². The van der Waals surface area contributed by atoms with Crippen LogP contribution in [0.5, 0.6) is 0 Å². The first kappa shape index (κ1) is 13.4. The monoisotopic (exact) mass is 299 g/mol. The van der Waals surface area contributed by atoms with Crippen LogP contribution in [0.3, 0.4) is 0 Å². The van der Waals surface area contributed by atoms with E-state index in [1.807, 2.05) is 42.6 Å². The number of tetrazole rings is 1. The van der Waals surface area contributed by atoms with Gasteiger partial charge < -0.3 is 5.32 Å². The first-order valence-electron chi connectivity index (χ1n) is 6.38. The third-order valence-electron chi connectivity index (χ3n) is 3.00. The van der Waals surface area contributed by atoms with Crippen LogP contribution in [0, 0.1) is 6.92 Å². The van der Waals surface area contributed by atoms with Crippen molar-refractivity contribution in [1.82, 2.24) is 20.2 Å². The van der Waals surface area contributed by atoms with Crippen molar-refractivity contribution in [3.05, 3.63) is 52.5 Å². The Morgan fingerprint density at radius 3 is 3.00 bits per heavy atom. The average molecular weight is 299 g/mol. The van der Waals surface area contributed by atoms with Gasteiger partial charge in [0.15, 0.2) is 0 Å². The number of amides is 1. The highest BCUT2D eigenvalue weighted by Crippen LogP contribution is 2.19. The van der Waals surface area contributed by atoms with Gasteiger partial charge in [-0.15, -0.1) is 16.4 Å². The van der Waals surface area contributed by atoms with E-state index in [-0.39, 0.29) is 5.91 Å². The lowest BCUT2D eigenvalue weighted by atomic mass is 10.2. The van der Waals surface area contributed by atoms with Crippen LogP contribution in [0.4, 0.5) is 5.69 Å². The molecule has 0 fully saturated rings. The van der Waals surface area contributed by atoms with E-state index in [0.29, 0.717) is 6.42 Å². The summed E-state index contributed by atoms with van der Waals surface area (Å²) in [6.07, 6.45) is 1.91. The molecule has 106 valence electrons. The predicted molar refractivity (Wildman–Crippen MR) is 80.5 cm³/mol. The van der Waals surface area contributed by atoms with Crippen LogP contribution in [0.25, 0.3) is 5.69 Å². The van der Waals surface area contributed by atoms with E-state index < -0.39 is 0 Å². The van der Waals surface area contributed by atoms with E-state index >= 15 is 0 Å². The molecule has 1 N–H and O–H groups in total. The maximum absolute atomic E-state index is 12.0. The zero-order valence-corrected chi connectivity index (χ0v) is 12.2. The van der Waals surface area contributed by atoms with Crippen molar-refractivity contribution in [3.8, 4) is 5.69 Å². The summed E-state index contributed by atoms with van der Waals surface area (Å²) in [5.74, 6) is -0.0380. The fraction of sp³-hybridized carbons (Fsp3) is 0.143. The molecule has 0 unspecified atom stereocenters. The molecule has 0 radical (unpaired) electrons. The van der Waals surface area contributed by atoms with Crippen molar-refractivity contribution in [2.24, 2.45) is 0 Å². The van der Waals surface area contributed by atoms with E-state index in [1.165, 1.54) is 6.33 Å². The Balaban J connectivity index is 1.77. The molecular formula is C14H13N5OS. The third-order valence-corrected chi connectivity index (χ3v) is 3.88. The maximum Gasteiger partial charge on any atom is 0.229 e. The van der Waals surface area contributed by atoms with Gasteiger partial charge in [-0.25, -0.2) is 4.68 Å². The van der Waals surface area contributed by atoms with Gasteiger partial charge in [0.05, 0.1) is 12.1 Å². The molecule has 21 heavy (non-hydrogen) atoms. The molecule has 0 atom stereocenters. The number of hydrogen-bond acceptors (Lipinski definition) is 5. The topological polar surface area (TPSA) is 72.7 Å². The van der Waals surface area contributed by atoms with E-state index in [0.717, 1.165) is 21.8 Å². The molecule has 0 aliphatic rings. The summed E-state index contributed by atoms with van der Waals surface area (Å²) in [5, 5.41) is 16.0. The van der Waals surface area contributed by atoms with Gasteiger partial charge in [-0.1, -0.05) is 12.1 Å². The van der Waals surface area contributed by atoms with Gasteiger partial charge in [0.1, 0.15) is 6.33 Å². The molecule has 3 rings (SSSR count). The maximum atomic E-state index is 12.0. The zero-order chi connectivity index (χ0) is 14.7. The molecule has 2 aromatic heterocycles. The predicted octanol–water partition coefficient (Wildman–Crippen LogP) is 2.21. The van der Waals surface area contributed by atoms with Crippen LogP contribution in [-0.2, 0) is 11.2 Å². The molecule has 0 aliphatic heterocycles. The van der Waals surface area contributed by atoms with E-state index in [1.54, 1.807) is 16.0 Å². The fourth-order valence-corrected chi connectivity index (χ4v) is 2.69. The second kappa shape index (κ2) is 5.84. The van der Waals surface area contributed by atoms with Gasteiger partial charge in [-0.2, -0.15) is 0 Å². The molecule has 0 saturated carbocycles. The summed E-state index contributed by atoms with van der Waals surface area (Å²) in [5.41, 5.74) is 2.60. The Kier molecular flexibility index (Phi) is 3.74. The molecule has 7 heteroatoms. The van der Waals surface area contributed by atoms with Gasteiger partial charge in [0.2, 0.25) is 5.91 Å². The lowest BCUT2D eigenvalue weighted by Gasteiger charge is -2.09. The molecule has 3 aromatic rings. The van der Waals surface area contributed by atoms with Crippen molar-refractivity contribution in [3.63, 3.8) is 0 Å². The number of rotatable bonds is 4. The molecule has 0 spiro atoms. The lowest BCUT2D eigenvalue weighted by molar-refractivity contribution is -0.115. The van der Waals surface area contributed by atoms with Crippen LogP contribution < -0.4 is 5.32 Å². The minimum Gasteiger partial charge on any atom is -0.326 e. The number of benzene rings is 1. The number of hydrogen-bond donors (Lipinski definition) is 1. The van der Waals surface area contributed by atoms with Crippen molar-refractivity contribution in [2.75, 3.05) is 5.32 Å². The summed E-state index contributed by atoms with van der Waals surface area (Å²) in [7, 11) is 0. The van der Waals surface area contributed by atoms with Crippen LogP contribution >= 0.6 is 11.3 Å². The number of aromatic nitrogens is 4. The largest absolute Gasteiger partial charge is 0.326 e. The summed E-state index contributed by atoms with van der Waals surface area (Å²) >= 11 is 1.57. The Morgan fingerprint density at radius 2 is 2.29 bits per heavy atom. The summed E-state index contributed by atoms with van der Waals surface area (Å²) in [6.45, 7) is 1.97. The minimum absolute atomic E-state index is 0.0380. The molecular weight excluding hydrogens is 286 g/mol. The molecule has 0 saturated heterocycles. The normalized spacial score (nSPS) is 10.5. The van der Waals surface area contributed by atoms with Gasteiger partial charge in [-0.3, -0.25) is 4.79 Å². The minimum atomic E-state index is -0.0380. The van der Waals surface area contributed by atoms with Crippen molar-refractivity contribution in [2.45, 2.75) is 13.3 Å². The smallest absolute Gasteiger partial charge is 0.229 e. The zero-order valence-electron chi connectivity index (χ0n) is 11.4. The van der Waals surface area contributed by atoms with Gasteiger partial charge in [0, 0.05) is 10.6 Å². The number of carbonyl (C=O) groups is 1. The molecule has 0 bridgehead atoms. The van der Waals surface area contributed by atoms with Gasteiger partial charge in [0.25, 0.3) is 0 Å². The number of thiophene rings is 1. The molecule has 6 nitrogen and oxygen atoms in total. The Morgan fingerprint density at radius 1 is 1.38 bits per heavy atom. The average Bonchev–Trinajstić information content (AvgIpc) is 3.13. The summed E-state index contributed by atoms with van der Waals surface area (Å²) in [4.78, 5) is 13.1. The second-order valence-corrected chi connectivity index (χ2v) is 5.59. The molecule has 1 aromatic carbocycles. The van der Waals surface area contributed by atoms with Crippen LogP contribution in [-0.4, -0.2) is 26.1 Å².